The minimum absolute atomic E-state index is 0.240. The van der Waals surface area contributed by atoms with Crippen molar-refractivity contribution in [3.8, 4) is 0 Å². The van der Waals surface area contributed by atoms with Gasteiger partial charge in [-0.15, -0.1) is 0 Å². The summed E-state index contributed by atoms with van der Waals surface area (Å²) in [5.41, 5.74) is 7.18. The first-order valence-corrected chi connectivity index (χ1v) is 8.43. The molecule has 1 amide bonds. The topological polar surface area (TPSA) is 96.6 Å². The third-order valence-electron chi connectivity index (χ3n) is 3.73. The average molecular weight is 337 g/mol. The number of nitrogens with two attached hydrogens (primary N) is 1. The molecule has 0 radical (unpaired) electrons. The van der Waals surface area contributed by atoms with E-state index in [4.69, 9.17) is 10.5 Å². The normalized spacial score (nSPS) is 15.1. The molecule has 1 rings (SSSR count). The Kier molecular flexibility index (Phi) is 9.56. The van der Waals surface area contributed by atoms with Crippen LogP contribution >= 0.6 is 0 Å². The number of benzene rings is 1. The van der Waals surface area contributed by atoms with E-state index in [0.29, 0.717) is 32.0 Å². The summed E-state index contributed by atoms with van der Waals surface area (Å²) in [6.07, 6.45) is -0.490. The molecule has 0 aromatic heterocycles. The fourth-order valence-corrected chi connectivity index (χ4v) is 2.35. The van der Waals surface area contributed by atoms with Crippen molar-refractivity contribution >= 4 is 5.91 Å². The van der Waals surface area contributed by atoms with Gasteiger partial charge in [0.15, 0.2) is 0 Å². The van der Waals surface area contributed by atoms with Crippen LogP contribution in [0.25, 0.3) is 0 Å². The van der Waals surface area contributed by atoms with Crippen LogP contribution in [0.5, 0.6) is 0 Å². The highest BCUT2D eigenvalue weighted by Gasteiger charge is 2.30. The van der Waals surface area contributed by atoms with E-state index >= 15 is 0 Å². The number of hydrogen-bond donors (Lipinski definition) is 4. The molecule has 5 N–H and O–H groups in total. The molecule has 0 fully saturated rings. The van der Waals surface area contributed by atoms with E-state index in [1.807, 2.05) is 44.2 Å². The minimum atomic E-state index is -0.991. The predicted molar refractivity (Wildman–Crippen MR) is 95.6 cm³/mol. The number of carbonyl (C=O) groups excluding carboxylic acids is 1. The number of methoxy groups -OCH3 is 1. The number of hydrogen-bond acceptors (Lipinski definition) is 5. The van der Waals surface area contributed by atoms with Gasteiger partial charge >= 0.3 is 0 Å². The number of rotatable bonds is 11. The van der Waals surface area contributed by atoms with Crippen LogP contribution in [0.3, 0.4) is 0 Å². The highest BCUT2D eigenvalue weighted by atomic mass is 16.5. The molecule has 136 valence electrons. The Balaban J connectivity index is 2.69. The second kappa shape index (κ2) is 11.1. The molecule has 1 aromatic carbocycles. The van der Waals surface area contributed by atoms with Gasteiger partial charge in [-0.05, 0) is 17.9 Å². The average Bonchev–Trinajstić information content (AvgIpc) is 2.57. The van der Waals surface area contributed by atoms with Crippen molar-refractivity contribution in [2.75, 3.05) is 26.8 Å². The van der Waals surface area contributed by atoms with E-state index < -0.39 is 18.2 Å². The Hall–Kier alpha value is -1.47. The van der Waals surface area contributed by atoms with Crippen molar-refractivity contribution in [1.82, 2.24) is 10.6 Å². The first-order chi connectivity index (χ1) is 11.5. The monoisotopic (exact) mass is 337 g/mol. The summed E-state index contributed by atoms with van der Waals surface area (Å²) in [5, 5.41) is 16.5. The SMILES string of the molecule is COCCNC(C(=O)NCC(C)C)C(O)C(N)Cc1ccccc1. The summed E-state index contributed by atoms with van der Waals surface area (Å²) in [7, 11) is 1.59. The summed E-state index contributed by atoms with van der Waals surface area (Å²) < 4.78 is 5.00. The first kappa shape index (κ1) is 20.6. The minimum Gasteiger partial charge on any atom is -0.389 e. The third-order valence-corrected chi connectivity index (χ3v) is 3.73. The van der Waals surface area contributed by atoms with Crippen molar-refractivity contribution in [3.05, 3.63) is 35.9 Å². The maximum atomic E-state index is 12.4. The van der Waals surface area contributed by atoms with E-state index in [-0.39, 0.29) is 5.91 Å². The fourth-order valence-electron chi connectivity index (χ4n) is 2.35. The zero-order valence-electron chi connectivity index (χ0n) is 14.9. The highest BCUT2D eigenvalue weighted by Crippen LogP contribution is 2.08. The van der Waals surface area contributed by atoms with E-state index in [9.17, 15) is 9.90 Å². The predicted octanol–water partition coefficient (Wildman–Crippen LogP) is 0.294. The molecule has 3 atom stereocenters. The van der Waals surface area contributed by atoms with E-state index in [1.165, 1.54) is 0 Å². The van der Waals surface area contributed by atoms with Gasteiger partial charge in [0.2, 0.25) is 5.91 Å². The fraction of sp³-hybridized carbons (Fsp3) is 0.611. The lowest BCUT2D eigenvalue weighted by atomic mass is 9.96. The van der Waals surface area contributed by atoms with Gasteiger partial charge in [0.1, 0.15) is 6.04 Å². The van der Waals surface area contributed by atoms with Gasteiger partial charge < -0.3 is 26.2 Å². The molecule has 24 heavy (non-hydrogen) atoms. The molecule has 6 nitrogen and oxygen atoms in total. The summed E-state index contributed by atoms with van der Waals surface area (Å²) >= 11 is 0. The molecule has 0 aliphatic heterocycles. The van der Waals surface area contributed by atoms with Gasteiger partial charge in [0, 0.05) is 26.2 Å². The lowest BCUT2D eigenvalue weighted by Gasteiger charge is -2.28. The third kappa shape index (κ3) is 7.40. The second-order valence-electron chi connectivity index (χ2n) is 6.41. The number of amides is 1. The Morgan fingerprint density at radius 3 is 2.54 bits per heavy atom. The molecule has 6 heteroatoms. The van der Waals surface area contributed by atoms with E-state index in [1.54, 1.807) is 7.11 Å². The van der Waals surface area contributed by atoms with Crippen LogP contribution in [0.2, 0.25) is 0 Å². The Bertz CT molecular complexity index is 468. The van der Waals surface area contributed by atoms with Crippen LogP contribution in [0, 0.1) is 5.92 Å². The Labute approximate surface area is 144 Å². The number of ether oxygens (including phenoxy) is 1. The van der Waals surface area contributed by atoms with Crippen LogP contribution in [0.15, 0.2) is 30.3 Å². The molecular weight excluding hydrogens is 306 g/mol. The van der Waals surface area contributed by atoms with Crippen molar-refractivity contribution in [3.63, 3.8) is 0 Å². The van der Waals surface area contributed by atoms with Crippen molar-refractivity contribution < 1.29 is 14.6 Å². The Morgan fingerprint density at radius 2 is 1.96 bits per heavy atom. The summed E-state index contributed by atoms with van der Waals surface area (Å²) in [4.78, 5) is 12.4. The van der Waals surface area contributed by atoms with Gasteiger partial charge in [-0.2, -0.15) is 0 Å². The van der Waals surface area contributed by atoms with Gasteiger partial charge in [-0.3, -0.25) is 4.79 Å². The highest BCUT2D eigenvalue weighted by molar-refractivity contribution is 5.82. The zero-order valence-corrected chi connectivity index (χ0v) is 14.9. The molecule has 0 heterocycles. The number of carbonyl (C=O) groups is 1. The van der Waals surface area contributed by atoms with Crippen LogP contribution in [-0.4, -0.2) is 56.0 Å². The molecule has 0 spiro atoms. The number of nitrogens with one attached hydrogen (secondary N) is 2. The van der Waals surface area contributed by atoms with Crippen molar-refractivity contribution in [1.29, 1.82) is 0 Å². The molecular formula is C18H31N3O3. The maximum Gasteiger partial charge on any atom is 0.239 e. The maximum absolute atomic E-state index is 12.4. The molecule has 0 aliphatic rings. The lowest BCUT2D eigenvalue weighted by Crippen LogP contribution is -2.58. The molecule has 0 saturated heterocycles. The molecule has 0 aliphatic carbocycles. The van der Waals surface area contributed by atoms with Gasteiger partial charge in [0.25, 0.3) is 0 Å². The van der Waals surface area contributed by atoms with Crippen molar-refractivity contribution in [2.45, 2.75) is 38.5 Å². The van der Waals surface area contributed by atoms with Crippen LogP contribution in [0.4, 0.5) is 0 Å². The standard InChI is InChI=1S/C18H31N3O3/c1-13(2)12-21-18(23)16(20-9-10-24-3)17(22)15(19)11-14-7-5-4-6-8-14/h4-8,13,15-17,20,22H,9-12,19H2,1-3H3,(H,21,23). The largest absolute Gasteiger partial charge is 0.389 e. The molecule has 0 bridgehead atoms. The van der Waals surface area contributed by atoms with Gasteiger partial charge in [-0.25, -0.2) is 0 Å². The smallest absolute Gasteiger partial charge is 0.239 e. The quantitative estimate of drug-likeness (QED) is 0.435. The zero-order chi connectivity index (χ0) is 17.9. The van der Waals surface area contributed by atoms with Crippen molar-refractivity contribution in [2.24, 2.45) is 11.7 Å². The van der Waals surface area contributed by atoms with Crippen LogP contribution in [0.1, 0.15) is 19.4 Å². The Morgan fingerprint density at radius 1 is 1.29 bits per heavy atom. The summed E-state index contributed by atoms with van der Waals surface area (Å²) in [5.74, 6) is 0.0968. The summed E-state index contributed by atoms with van der Waals surface area (Å²) in [6.45, 7) is 5.51. The van der Waals surface area contributed by atoms with Crippen LogP contribution < -0.4 is 16.4 Å². The lowest BCUT2D eigenvalue weighted by molar-refractivity contribution is -0.126. The number of aliphatic hydroxyl groups excluding tert-OH is 1. The number of aliphatic hydroxyl groups is 1. The molecule has 0 saturated carbocycles. The van der Waals surface area contributed by atoms with Crippen LogP contribution in [-0.2, 0) is 16.0 Å². The summed E-state index contributed by atoms with van der Waals surface area (Å²) in [6, 6.07) is 8.39. The first-order valence-electron chi connectivity index (χ1n) is 8.43. The second-order valence-corrected chi connectivity index (χ2v) is 6.41. The van der Waals surface area contributed by atoms with Gasteiger partial charge in [-0.1, -0.05) is 44.2 Å². The molecule has 3 unspecified atom stereocenters. The van der Waals surface area contributed by atoms with Gasteiger partial charge in [0.05, 0.1) is 12.7 Å². The van der Waals surface area contributed by atoms with E-state index in [0.717, 1.165) is 5.56 Å². The van der Waals surface area contributed by atoms with E-state index in [2.05, 4.69) is 10.6 Å². The molecule has 1 aromatic rings.